The molecule has 2 aromatic rings. The molecule has 0 unspecified atom stereocenters. The lowest BCUT2D eigenvalue weighted by atomic mass is 10.1. The number of methoxy groups -OCH3 is 1. The van der Waals surface area contributed by atoms with Crippen LogP contribution in [0.15, 0.2) is 42.6 Å². The van der Waals surface area contributed by atoms with Crippen LogP contribution in [0.2, 0.25) is 0 Å². The van der Waals surface area contributed by atoms with Crippen LogP contribution in [0.5, 0.6) is 0 Å². The molecule has 0 atom stereocenters. The Bertz CT molecular complexity index is 652. The number of pyridine rings is 1. The molecule has 4 nitrogen and oxygen atoms in total. The Balaban J connectivity index is 2.22. The number of nitrogens with two attached hydrogens (primary N) is 1. The van der Waals surface area contributed by atoms with Crippen molar-refractivity contribution in [3.63, 3.8) is 0 Å². The van der Waals surface area contributed by atoms with E-state index in [-0.39, 0.29) is 5.69 Å². The number of anilines is 1. The predicted molar refractivity (Wildman–Crippen MR) is 72.4 cm³/mol. The second-order valence-electron chi connectivity index (χ2n) is 3.76. The zero-order chi connectivity index (χ0) is 13.7. The maximum absolute atomic E-state index is 11.2. The quantitative estimate of drug-likeness (QED) is 0.478. The van der Waals surface area contributed by atoms with Gasteiger partial charge in [0.05, 0.1) is 7.11 Å². The van der Waals surface area contributed by atoms with Gasteiger partial charge in [0.2, 0.25) is 0 Å². The van der Waals surface area contributed by atoms with Crippen LogP contribution in [0.25, 0.3) is 0 Å². The molecule has 2 N–H and O–H groups in total. The van der Waals surface area contributed by atoms with E-state index < -0.39 is 5.97 Å². The lowest BCUT2D eigenvalue weighted by Crippen LogP contribution is -2.03. The molecule has 0 fully saturated rings. The van der Waals surface area contributed by atoms with Gasteiger partial charge in [-0.2, -0.15) is 0 Å². The largest absolute Gasteiger partial charge is 0.464 e. The lowest BCUT2D eigenvalue weighted by molar-refractivity contribution is 0.0594. The fourth-order valence-corrected chi connectivity index (χ4v) is 1.44. The first-order valence-electron chi connectivity index (χ1n) is 5.61. The zero-order valence-corrected chi connectivity index (χ0v) is 10.4. The van der Waals surface area contributed by atoms with Crippen molar-refractivity contribution in [1.82, 2.24) is 4.98 Å². The summed E-state index contributed by atoms with van der Waals surface area (Å²) in [5, 5.41) is 0. The zero-order valence-electron chi connectivity index (χ0n) is 10.4. The van der Waals surface area contributed by atoms with E-state index in [0.717, 1.165) is 5.56 Å². The molecule has 1 heterocycles. The number of esters is 1. The maximum Gasteiger partial charge on any atom is 0.356 e. The predicted octanol–water partition coefficient (Wildman–Crippen LogP) is 1.85. The maximum atomic E-state index is 11.2. The van der Waals surface area contributed by atoms with Gasteiger partial charge < -0.3 is 10.5 Å². The van der Waals surface area contributed by atoms with Gasteiger partial charge in [-0.15, -0.1) is 0 Å². The molecule has 0 radical (unpaired) electrons. The molecule has 0 aliphatic heterocycles. The van der Waals surface area contributed by atoms with Crippen molar-refractivity contribution in [3.8, 4) is 11.8 Å². The molecule has 94 valence electrons. The lowest BCUT2D eigenvalue weighted by Gasteiger charge is -1.97. The molecule has 1 aromatic carbocycles. The van der Waals surface area contributed by atoms with E-state index in [1.807, 2.05) is 18.2 Å². The van der Waals surface area contributed by atoms with Gasteiger partial charge in [0, 0.05) is 23.0 Å². The highest BCUT2D eigenvalue weighted by Crippen LogP contribution is 2.08. The van der Waals surface area contributed by atoms with Crippen molar-refractivity contribution in [2.75, 3.05) is 12.8 Å². The highest BCUT2D eigenvalue weighted by molar-refractivity contribution is 5.87. The molecule has 0 aliphatic rings. The second kappa shape index (κ2) is 5.69. The number of nitrogen functional groups attached to an aromatic ring is 1. The topological polar surface area (TPSA) is 65.2 Å². The summed E-state index contributed by atoms with van der Waals surface area (Å²) in [6.45, 7) is 0. The van der Waals surface area contributed by atoms with E-state index in [9.17, 15) is 4.79 Å². The van der Waals surface area contributed by atoms with E-state index in [1.165, 1.54) is 13.3 Å². The van der Waals surface area contributed by atoms with E-state index in [0.29, 0.717) is 11.3 Å². The Morgan fingerprint density at radius 1 is 1.21 bits per heavy atom. The van der Waals surface area contributed by atoms with Gasteiger partial charge >= 0.3 is 5.97 Å². The SMILES string of the molecule is COC(=O)c1ccc(C#Cc2ccccc2N)cn1. The molecular formula is C15H12N2O2. The average Bonchev–Trinajstić information content (AvgIpc) is 2.46. The fraction of sp³-hybridized carbons (Fsp3) is 0.0667. The minimum Gasteiger partial charge on any atom is -0.464 e. The number of ether oxygens (including phenoxy) is 1. The van der Waals surface area contributed by atoms with Gasteiger partial charge in [-0.25, -0.2) is 9.78 Å². The minimum atomic E-state index is -0.466. The van der Waals surface area contributed by atoms with Gasteiger partial charge in [-0.3, -0.25) is 0 Å². The number of hydrogen-bond donors (Lipinski definition) is 1. The highest BCUT2D eigenvalue weighted by Gasteiger charge is 2.05. The molecule has 0 saturated heterocycles. The van der Waals surface area contributed by atoms with Crippen LogP contribution in [0.1, 0.15) is 21.6 Å². The van der Waals surface area contributed by atoms with Crippen LogP contribution in [0.4, 0.5) is 5.69 Å². The Hall–Kier alpha value is -2.80. The first-order valence-corrected chi connectivity index (χ1v) is 5.61. The number of aromatic nitrogens is 1. The molecule has 4 heteroatoms. The first-order chi connectivity index (χ1) is 9.20. The summed E-state index contributed by atoms with van der Waals surface area (Å²) in [6.07, 6.45) is 1.53. The standard InChI is InChI=1S/C15H12N2O2/c1-19-15(18)14-9-7-11(10-17-14)6-8-12-4-2-3-5-13(12)16/h2-5,7,9-10H,16H2,1H3. The molecule has 1 aromatic heterocycles. The Morgan fingerprint density at radius 3 is 2.63 bits per heavy atom. The molecule has 0 saturated carbocycles. The normalized spacial score (nSPS) is 9.32. The van der Waals surface area contributed by atoms with Crippen molar-refractivity contribution in [3.05, 3.63) is 59.4 Å². The summed E-state index contributed by atoms with van der Waals surface area (Å²) >= 11 is 0. The fourth-order valence-electron chi connectivity index (χ4n) is 1.44. The number of rotatable bonds is 1. The second-order valence-corrected chi connectivity index (χ2v) is 3.76. The number of carbonyl (C=O) groups is 1. The Morgan fingerprint density at radius 2 is 2.00 bits per heavy atom. The summed E-state index contributed by atoms with van der Waals surface area (Å²) in [5.41, 5.74) is 8.15. The number of carbonyl (C=O) groups excluding carboxylic acids is 1. The van der Waals surface area contributed by atoms with Crippen LogP contribution in [-0.4, -0.2) is 18.1 Å². The van der Waals surface area contributed by atoms with Crippen molar-refractivity contribution >= 4 is 11.7 Å². The Kier molecular flexibility index (Phi) is 3.79. The number of benzene rings is 1. The van der Waals surface area contributed by atoms with E-state index in [4.69, 9.17) is 5.73 Å². The van der Waals surface area contributed by atoms with Crippen LogP contribution in [-0.2, 0) is 4.74 Å². The van der Waals surface area contributed by atoms with Crippen LogP contribution in [0.3, 0.4) is 0 Å². The summed E-state index contributed by atoms with van der Waals surface area (Å²) in [7, 11) is 1.32. The molecular weight excluding hydrogens is 240 g/mol. The number of hydrogen-bond acceptors (Lipinski definition) is 4. The molecule has 0 bridgehead atoms. The van der Waals surface area contributed by atoms with E-state index >= 15 is 0 Å². The molecule has 2 rings (SSSR count). The molecule has 0 aliphatic carbocycles. The first kappa shape index (κ1) is 12.7. The Labute approximate surface area is 111 Å². The average molecular weight is 252 g/mol. The molecule has 19 heavy (non-hydrogen) atoms. The van der Waals surface area contributed by atoms with Gasteiger partial charge in [0.25, 0.3) is 0 Å². The summed E-state index contributed by atoms with van der Waals surface area (Å²) < 4.78 is 4.57. The van der Waals surface area contributed by atoms with E-state index in [2.05, 4.69) is 21.6 Å². The molecule has 0 spiro atoms. The van der Waals surface area contributed by atoms with E-state index in [1.54, 1.807) is 18.2 Å². The third-order valence-corrected chi connectivity index (χ3v) is 2.46. The minimum absolute atomic E-state index is 0.257. The highest BCUT2D eigenvalue weighted by atomic mass is 16.5. The van der Waals surface area contributed by atoms with Crippen LogP contribution >= 0.6 is 0 Å². The van der Waals surface area contributed by atoms with Crippen molar-refractivity contribution in [2.45, 2.75) is 0 Å². The third kappa shape index (κ3) is 3.11. The summed E-state index contributed by atoms with van der Waals surface area (Å²) in [4.78, 5) is 15.2. The smallest absolute Gasteiger partial charge is 0.356 e. The number of para-hydroxylation sites is 1. The third-order valence-electron chi connectivity index (χ3n) is 2.46. The van der Waals surface area contributed by atoms with Gasteiger partial charge in [-0.1, -0.05) is 24.0 Å². The number of nitrogens with zero attached hydrogens (tertiary/aromatic N) is 1. The van der Waals surface area contributed by atoms with Crippen molar-refractivity contribution in [2.24, 2.45) is 0 Å². The van der Waals surface area contributed by atoms with Gasteiger partial charge in [0.15, 0.2) is 0 Å². The van der Waals surface area contributed by atoms with Crippen molar-refractivity contribution < 1.29 is 9.53 Å². The summed E-state index contributed by atoms with van der Waals surface area (Å²) in [6, 6.07) is 10.7. The monoisotopic (exact) mass is 252 g/mol. The van der Waals surface area contributed by atoms with Crippen LogP contribution in [0, 0.1) is 11.8 Å². The van der Waals surface area contributed by atoms with Gasteiger partial charge in [0.1, 0.15) is 5.69 Å². The summed E-state index contributed by atoms with van der Waals surface area (Å²) in [5.74, 6) is 5.44. The van der Waals surface area contributed by atoms with Gasteiger partial charge in [-0.05, 0) is 24.3 Å². The van der Waals surface area contributed by atoms with Crippen molar-refractivity contribution in [1.29, 1.82) is 0 Å². The molecule has 0 amide bonds. The van der Waals surface area contributed by atoms with Crippen LogP contribution < -0.4 is 5.73 Å².